The number of amides is 2. The number of rotatable bonds is 7. The van der Waals surface area contributed by atoms with Crippen LogP contribution in [0.15, 0.2) is 48.5 Å². The minimum absolute atomic E-state index is 0.0105. The van der Waals surface area contributed by atoms with Crippen LogP contribution in [0, 0.1) is 5.92 Å². The molecule has 1 unspecified atom stereocenters. The van der Waals surface area contributed by atoms with Crippen LogP contribution >= 0.6 is 0 Å². The molecule has 0 spiro atoms. The highest BCUT2D eigenvalue weighted by Gasteiger charge is 2.33. The van der Waals surface area contributed by atoms with Gasteiger partial charge in [-0.3, -0.25) is 9.63 Å². The van der Waals surface area contributed by atoms with Crippen LogP contribution in [-0.2, 0) is 19.2 Å². The summed E-state index contributed by atoms with van der Waals surface area (Å²) in [6.07, 6.45) is 0.0199. The quantitative estimate of drug-likeness (QED) is 0.572. The van der Waals surface area contributed by atoms with E-state index in [0.29, 0.717) is 19.3 Å². The topological polar surface area (TPSA) is 114 Å². The lowest BCUT2D eigenvalue weighted by Gasteiger charge is -2.17. The molecule has 2 aromatic carbocycles. The van der Waals surface area contributed by atoms with E-state index in [2.05, 4.69) is 35.1 Å². The van der Waals surface area contributed by atoms with Crippen LogP contribution in [0.2, 0.25) is 0 Å². The van der Waals surface area contributed by atoms with E-state index in [0.717, 1.165) is 11.1 Å². The fraction of sp³-hybridized carbons (Fsp3) is 0.375. The molecule has 8 heteroatoms. The van der Waals surface area contributed by atoms with Crippen LogP contribution in [0.25, 0.3) is 11.1 Å². The average Bonchev–Trinajstić information content (AvgIpc) is 3.38. The van der Waals surface area contributed by atoms with Crippen LogP contribution in [0.5, 0.6) is 0 Å². The van der Waals surface area contributed by atoms with Gasteiger partial charge < -0.3 is 15.2 Å². The smallest absolute Gasteiger partial charge is 0.407 e. The molecule has 0 saturated heterocycles. The summed E-state index contributed by atoms with van der Waals surface area (Å²) in [4.78, 5) is 40.2. The lowest BCUT2D eigenvalue weighted by atomic mass is 9.98. The zero-order chi connectivity index (χ0) is 22.7. The van der Waals surface area contributed by atoms with Gasteiger partial charge in [-0.25, -0.2) is 15.1 Å². The van der Waals surface area contributed by atoms with E-state index in [9.17, 15) is 14.4 Å². The van der Waals surface area contributed by atoms with Crippen molar-refractivity contribution in [2.24, 2.45) is 5.92 Å². The Bertz CT molecular complexity index is 978. The van der Waals surface area contributed by atoms with E-state index in [4.69, 9.17) is 14.7 Å². The maximum absolute atomic E-state index is 12.4. The highest BCUT2D eigenvalue weighted by atomic mass is 16.7. The third-order valence-corrected chi connectivity index (χ3v) is 6.15. The van der Waals surface area contributed by atoms with Crippen LogP contribution in [-0.4, -0.2) is 41.8 Å². The monoisotopic (exact) mass is 438 g/mol. The number of ether oxygens (including phenoxy) is 1. The summed E-state index contributed by atoms with van der Waals surface area (Å²) in [6, 6.07) is 16.1. The SMILES string of the molecule is CC(ONC(=O)[C@@H]1CC[C@H](NC(=O)OCC2c3ccccc3-c3ccccc32)C1)C(=O)O. The summed E-state index contributed by atoms with van der Waals surface area (Å²) < 4.78 is 5.56. The van der Waals surface area contributed by atoms with Gasteiger partial charge in [0.2, 0.25) is 5.91 Å². The number of carboxylic acids is 1. The number of carboxylic acid groups (broad SMARTS) is 1. The summed E-state index contributed by atoms with van der Waals surface area (Å²) >= 11 is 0. The molecule has 2 amide bonds. The molecule has 0 heterocycles. The molecule has 3 N–H and O–H groups in total. The molecule has 8 nitrogen and oxygen atoms in total. The van der Waals surface area contributed by atoms with Crippen molar-refractivity contribution in [3.63, 3.8) is 0 Å². The fourth-order valence-corrected chi connectivity index (χ4v) is 4.44. The van der Waals surface area contributed by atoms with Gasteiger partial charge >= 0.3 is 12.1 Å². The largest absolute Gasteiger partial charge is 0.479 e. The Kier molecular flexibility index (Phi) is 6.41. The van der Waals surface area contributed by atoms with Crippen molar-refractivity contribution >= 4 is 18.0 Å². The first-order valence-corrected chi connectivity index (χ1v) is 10.7. The Balaban J connectivity index is 1.27. The first-order valence-electron chi connectivity index (χ1n) is 10.7. The van der Waals surface area contributed by atoms with E-state index in [-0.39, 0.29) is 30.4 Å². The highest BCUT2D eigenvalue weighted by Crippen LogP contribution is 2.44. The molecular formula is C24H26N2O6. The molecule has 168 valence electrons. The average molecular weight is 438 g/mol. The predicted molar refractivity (Wildman–Crippen MR) is 116 cm³/mol. The lowest BCUT2D eigenvalue weighted by Crippen LogP contribution is -2.37. The fourth-order valence-electron chi connectivity index (χ4n) is 4.44. The third-order valence-electron chi connectivity index (χ3n) is 6.15. The van der Waals surface area contributed by atoms with Crippen LogP contribution < -0.4 is 10.8 Å². The summed E-state index contributed by atoms with van der Waals surface area (Å²) in [5.74, 6) is -1.90. The minimum atomic E-state index is -1.16. The number of fused-ring (bicyclic) bond motifs is 3. The van der Waals surface area contributed by atoms with E-state index < -0.39 is 18.2 Å². The molecule has 2 aliphatic rings. The molecule has 0 aromatic heterocycles. The number of hydrogen-bond acceptors (Lipinski definition) is 5. The molecule has 0 bridgehead atoms. The van der Waals surface area contributed by atoms with Gasteiger partial charge in [-0.15, -0.1) is 0 Å². The van der Waals surface area contributed by atoms with Gasteiger partial charge in [0.25, 0.3) is 0 Å². The van der Waals surface area contributed by atoms with Crippen LogP contribution in [0.3, 0.4) is 0 Å². The number of nitrogens with one attached hydrogen (secondary N) is 2. The summed E-state index contributed by atoms with van der Waals surface area (Å²) in [6.45, 7) is 1.57. The van der Waals surface area contributed by atoms with E-state index >= 15 is 0 Å². The number of hydrogen-bond donors (Lipinski definition) is 3. The molecule has 1 saturated carbocycles. The van der Waals surface area contributed by atoms with E-state index in [1.807, 2.05) is 24.3 Å². The normalized spacial score (nSPS) is 20.2. The van der Waals surface area contributed by atoms with Gasteiger partial charge in [0.1, 0.15) is 6.61 Å². The van der Waals surface area contributed by atoms with Gasteiger partial charge in [0.05, 0.1) is 0 Å². The predicted octanol–water partition coefficient (Wildman–Crippen LogP) is 3.21. The Labute approximate surface area is 185 Å². The summed E-state index contributed by atoms with van der Waals surface area (Å²) in [5, 5.41) is 11.6. The van der Waals surface area contributed by atoms with Crippen molar-refractivity contribution < 1.29 is 29.1 Å². The van der Waals surface area contributed by atoms with Crippen molar-refractivity contribution in [3.05, 3.63) is 59.7 Å². The molecular weight excluding hydrogens is 412 g/mol. The number of alkyl carbamates (subject to hydrolysis) is 1. The maximum Gasteiger partial charge on any atom is 0.407 e. The van der Waals surface area contributed by atoms with Gasteiger partial charge in [0.15, 0.2) is 6.10 Å². The van der Waals surface area contributed by atoms with Gasteiger partial charge in [-0.05, 0) is 48.4 Å². The molecule has 2 aromatic rings. The Hall–Kier alpha value is -3.39. The van der Waals surface area contributed by atoms with Gasteiger partial charge in [-0.1, -0.05) is 48.5 Å². The van der Waals surface area contributed by atoms with Crippen molar-refractivity contribution in [2.45, 2.75) is 44.2 Å². The molecule has 32 heavy (non-hydrogen) atoms. The maximum atomic E-state index is 12.4. The zero-order valence-electron chi connectivity index (χ0n) is 17.7. The molecule has 4 rings (SSSR count). The number of hydroxylamine groups is 1. The second-order valence-corrected chi connectivity index (χ2v) is 8.24. The second-order valence-electron chi connectivity index (χ2n) is 8.24. The molecule has 1 fully saturated rings. The summed E-state index contributed by atoms with van der Waals surface area (Å²) in [7, 11) is 0. The second kappa shape index (κ2) is 9.40. The Morgan fingerprint density at radius 3 is 2.28 bits per heavy atom. The molecule has 0 radical (unpaired) electrons. The first kappa shape index (κ1) is 21.8. The standard InChI is InChI=1S/C24H26N2O6/c1-14(23(28)29)32-26-22(27)15-10-11-16(12-15)25-24(30)31-13-21-19-8-4-2-6-17(19)18-7-3-5-9-20(18)21/h2-9,14-16,21H,10-13H2,1H3,(H,25,30)(H,26,27)(H,28,29)/t14?,15-,16+/m1/s1. The third kappa shape index (κ3) is 4.60. The Morgan fingerprint density at radius 1 is 1.03 bits per heavy atom. The molecule has 0 aliphatic heterocycles. The van der Waals surface area contributed by atoms with Crippen LogP contribution in [0.1, 0.15) is 43.2 Å². The van der Waals surface area contributed by atoms with Crippen molar-refractivity contribution in [3.8, 4) is 11.1 Å². The first-order chi connectivity index (χ1) is 15.4. The number of carbonyl (C=O) groups excluding carboxylic acids is 2. The van der Waals surface area contributed by atoms with Gasteiger partial charge in [-0.2, -0.15) is 0 Å². The van der Waals surface area contributed by atoms with E-state index in [1.165, 1.54) is 18.1 Å². The van der Waals surface area contributed by atoms with E-state index in [1.54, 1.807) is 0 Å². The number of benzene rings is 2. The van der Waals surface area contributed by atoms with Crippen molar-refractivity contribution in [1.82, 2.24) is 10.8 Å². The molecule has 2 aliphatic carbocycles. The van der Waals surface area contributed by atoms with Crippen molar-refractivity contribution in [1.29, 1.82) is 0 Å². The van der Waals surface area contributed by atoms with Crippen molar-refractivity contribution in [2.75, 3.05) is 6.61 Å². The summed E-state index contributed by atoms with van der Waals surface area (Å²) in [5.41, 5.74) is 6.83. The van der Waals surface area contributed by atoms with Crippen LogP contribution in [0.4, 0.5) is 4.79 Å². The lowest BCUT2D eigenvalue weighted by molar-refractivity contribution is -0.160. The number of aliphatic carboxylic acids is 1. The van der Waals surface area contributed by atoms with Gasteiger partial charge in [0, 0.05) is 17.9 Å². The molecule has 3 atom stereocenters. The highest BCUT2D eigenvalue weighted by molar-refractivity contribution is 5.80. The number of carbonyl (C=O) groups is 3. The zero-order valence-corrected chi connectivity index (χ0v) is 17.7. The minimum Gasteiger partial charge on any atom is -0.479 e. The Morgan fingerprint density at radius 2 is 1.66 bits per heavy atom.